The fourth-order valence-electron chi connectivity index (χ4n) is 5.52. The Bertz CT molecular complexity index is 1570. The summed E-state index contributed by atoms with van der Waals surface area (Å²) in [6, 6.07) is 34.7. The van der Waals surface area contributed by atoms with Crippen LogP contribution in [0.15, 0.2) is 108 Å². The van der Waals surface area contributed by atoms with E-state index in [9.17, 15) is 14.7 Å². The van der Waals surface area contributed by atoms with Crippen LogP contribution in [0, 0.1) is 0 Å². The molecular weight excluding hydrogens is 612 g/mol. The number of aliphatic hydroxyl groups excluding tert-OH is 1. The first-order valence-corrected chi connectivity index (χ1v) is 17.1. The molecule has 0 radical (unpaired) electrons. The first kappa shape index (κ1) is 34.3. The molecule has 5 rings (SSSR count). The van der Waals surface area contributed by atoms with Crippen molar-refractivity contribution in [2.45, 2.75) is 75.1 Å². The molecule has 4 aromatic carbocycles. The third-order valence-electron chi connectivity index (χ3n) is 8.16. The zero-order valence-electron chi connectivity index (χ0n) is 26.3. The smallest absolute Gasteiger partial charge is 0.243 e. The minimum absolute atomic E-state index is 0.00822. The fraction of sp³-hybridized carbons (Fsp3) is 0.316. The number of hydrogen-bond donors (Lipinski definition) is 4. The van der Waals surface area contributed by atoms with Crippen molar-refractivity contribution < 1.29 is 29.4 Å². The standard InChI is InChI=1S/C38H42N2O6S/c41-25-27-14-16-30(17-15-27)35-23-33(26-47-34-10-3-1-4-11-34)45-38(46-35)31-20-18-29(19-21-31)32-9-7-8-28(22-32)24-39-36(42)12-5-2-6-13-37(43)40-44/h1,3-4,7-11,14-22,33,35,38,41,44H,2,5-6,12-13,23-26H2,(H,39,42)(H,40,43)/t33-,35+,38+/m1/s1. The highest BCUT2D eigenvalue weighted by Crippen LogP contribution is 2.40. The Labute approximate surface area is 280 Å². The number of unbranched alkanes of at least 4 members (excludes halogenated alkanes) is 2. The first-order valence-electron chi connectivity index (χ1n) is 16.1. The van der Waals surface area contributed by atoms with Gasteiger partial charge in [0.05, 0.1) is 18.8 Å². The number of hydrogen-bond acceptors (Lipinski definition) is 7. The fourth-order valence-corrected chi connectivity index (χ4v) is 6.46. The number of rotatable bonds is 15. The van der Waals surface area contributed by atoms with Gasteiger partial charge in [0.25, 0.3) is 0 Å². The van der Waals surface area contributed by atoms with Gasteiger partial charge in [0.2, 0.25) is 11.8 Å². The number of carbonyl (C=O) groups is 2. The summed E-state index contributed by atoms with van der Waals surface area (Å²) in [7, 11) is 0. The number of carbonyl (C=O) groups excluding carboxylic acids is 2. The van der Waals surface area contributed by atoms with Crippen LogP contribution in [0.4, 0.5) is 0 Å². The zero-order chi connectivity index (χ0) is 32.8. The molecule has 0 bridgehead atoms. The van der Waals surface area contributed by atoms with Crippen LogP contribution >= 0.6 is 11.8 Å². The Morgan fingerprint density at radius 3 is 2.19 bits per heavy atom. The zero-order valence-corrected chi connectivity index (χ0v) is 27.2. The van der Waals surface area contributed by atoms with E-state index >= 15 is 0 Å². The van der Waals surface area contributed by atoms with Crippen LogP contribution in [0.2, 0.25) is 0 Å². The van der Waals surface area contributed by atoms with Gasteiger partial charge in [-0.3, -0.25) is 14.8 Å². The maximum Gasteiger partial charge on any atom is 0.243 e. The van der Waals surface area contributed by atoms with Crippen molar-refractivity contribution in [1.29, 1.82) is 0 Å². The van der Waals surface area contributed by atoms with Crippen molar-refractivity contribution in [3.63, 3.8) is 0 Å². The lowest BCUT2D eigenvalue weighted by atomic mass is 9.99. The van der Waals surface area contributed by atoms with E-state index in [2.05, 4.69) is 53.8 Å². The maximum absolute atomic E-state index is 12.3. The average Bonchev–Trinajstić information content (AvgIpc) is 3.13. The largest absolute Gasteiger partial charge is 0.392 e. The Kier molecular flexibility index (Phi) is 13.0. The van der Waals surface area contributed by atoms with Crippen molar-refractivity contribution in [3.05, 3.63) is 125 Å². The number of ether oxygens (including phenoxy) is 2. The molecule has 1 heterocycles. The second-order valence-corrected chi connectivity index (χ2v) is 12.8. The number of hydroxylamine groups is 1. The van der Waals surface area contributed by atoms with Crippen LogP contribution < -0.4 is 10.8 Å². The first-order chi connectivity index (χ1) is 23.0. The molecule has 8 nitrogen and oxygen atoms in total. The summed E-state index contributed by atoms with van der Waals surface area (Å²) in [6.45, 7) is 0.443. The van der Waals surface area contributed by atoms with E-state index in [0.717, 1.165) is 52.0 Å². The van der Waals surface area contributed by atoms with Gasteiger partial charge in [0.15, 0.2) is 6.29 Å². The molecule has 3 atom stereocenters. The molecule has 0 spiro atoms. The van der Waals surface area contributed by atoms with Crippen molar-refractivity contribution in [2.24, 2.45) is 0 Å². The summed E-state index contributed by atoms with van der Waals surface area (Å²) in [5, 5.41) is 21.0. The molecule has 47 heavy (non-hydrogen) atoms. The Balaban J connectivity index is 1.20. The van der Waals surface area contributed by atoms with E-state index < -0.39 is 12.2 Å². The molecular formula is C38H42N2O6S. The van der Waals surface area contributed by atoms with Crippen LogP contribution in [0.25, 0.3) is 11.1 Å². The van der Waals surface area contributed by atoms with Gasteiger partial charge >= 0.3 is 0 Å². The van der Waals surface area contributed by atoms with E-state index in [1.165, 1.54) is 4.90 Å². The van der Waals surface area contributed by atoms with E-state index in [4.69, 9.17) is 14.7 Å². The predicted molar refractivity (Wildman–Crippen MR) is 182 cm³/mol. The molecule has 4 aromatic rings. The maximum atomic E-state index is 12.3. The Hall–Kier alpha value is -3.99. The van der Waals surface area contributed by atoms with Gasteiger partial charge in [-0.2, -0.15) is 0 Å². The van der Waals surface area contributed by atoms with Gasteiger partial charge in [-0.05, 0) is 58.9 Å². The molecule has 0 saturated carbocycles. The minimum atomic E-state index is -0.518. The Morgan fingerprint density at radius 2 is 1.47 bits per heavy atom. The lowest BCUT2D eigenvalue weighted by Gasteiger charge is -2.36. The van der Waals surface area contributed by atoms with Crippen molar-refractivity contribution in [3.8, 4) is 11.1 Å². The van der Waals surface area contributed by atoms with E-state index in [1.54, 1.807) is 17.2 Å². The van der Waals surface area contributed by atoms with Gasteiger partial charge in [-0.1, -0.05) is 91.3 Å². The summed E-state index contributed by atoms with van der Waals surface area (Å²) in [4.78, 5) is 24.6. The lowest BCUT2D eigenvalue weighted by Crippen LogP contribution is -2.31. The highest BCUT2D eigenvalue weighted by molar-refractivity contribution is 7.99. The summed E-state index contributed by atoms with van der Waals surface area (Å²) < 4.78 is 13.0. The topological polar surface area (TPSA) is 117 Å². The minimum Gasteiger partial charge on any atom is -0.392 e. The van der Waals surface area contributed by atoms with E-state index in [-0.39, 0.29) is 31.1 Å². The van der Waals surface area contributed by atoms with E-state index in [0.29, 0.717) is 25.8 Å². The van der Waals surface area contributed by atoms with Crippen LogP contribution in [0.5, 0.6) is 0 Å². The Morgan fingerprint density at radius 1 is 0.745 bits per heavy atom. The molecule has 0 unspecified atom stereocenters. The summed E-state index contributed by atoms with van der Waals surface area (Å²) in [6.07, 6.45) is 2.78. The quantitative estimate of drug-likeness (QED) is 0.0462. The van der Waals surface area contributed by atoms with Crippen molar-refractivity contribution in [1.82, 2.24) is 10.8 Å². The van der Waals surface area contributed by atoms with Crippen LogP contribution in [0.1, 0.15) is 73.2 Å². The number of benzene rings is 4. The average molecular weight is 655 g/mol. The van der Waals surface area contributed by atoms with Crippen LogP contribution in [0.3, 0.4) is 0 Å². The third-order valence-corrected chi connectivity index (χ3v) is 9.30. The van der Waals surface area contributed by atoms with Gasteiger partial charge in [0, 0.05) is 42.0 Å². The molecule has 9 heteroatoms. The highest BCUT2D eigenvalue weighted by atomic mass is 32.2. The molecule has 0 aromatic heterocycles. The van der Waals surface area contributed by atoms with Crippen LogP contribution in [-0.4, -0.2) is 34.0 Å². The predicted octanol–water partition coefficient (Wildman–Crippen LogP) is 7.26. The normalized spacial score (nSPS) is 17.6. The van der Waals surface area contributed by atoms with Crippen molar-refractivity contribution in [2.75, 3.05) is 5.75 Å². The highest BCUT2D eigenvalue weighted by Gasteiger charge is 2.32. The number of nitrogens with one attached hydrogen (secondary N) is 2. The van der Waals surface area contributed by atoms with Gasteiger partial charge < -0.3 is 19.9 Å². The lowest BCUT2D eigenvalue weighted by molar-refractivity contribution is -0.245. The molecule has 2 amide bonds. The van der Waals surface area contributed by atoms with Gasteiger partial charge in [-0.15, -0.1) is 11.8 Å². The molecule has 1 aliphatic heterocycles. The number of thioether (sulfide) groups is 1. The molecule has 4 N–H and O–H groups in total. The summed E-state index contributed by atoms with van der Waals surface area (Å²) in [5.41, 5.74) is 7.61. The molecule has 1 fully saturated rings. The SMILES string of the molecule is O=C(CCCCCC(=O)NCc1cccc(-c2ccc([C@H]3O[C@@H](CSc4ccccc4)C[C@@H](c4ccc(CO)cc4)O3)cc2)c1)NO. The molecule has 0 aliphatic carbocycles. The molecule has 1 saturated heterocycles. The van der Waals surface area contributed by atoms with Gasteiger partial charge in [-0.25, -0.2) is 5.48 Å². The van der Waals surface area contributed by atoms with Gasteiger partial charge in [0.1, 0.15) is 0 Å². The number of amides is 2. The van der Waals surface area contributed by atoms with Crippen molar-refractivity contribution >= 4 is 23.6 Å². The number of aliphatic hydroxyl groups is 1. The second kappa shape index (κ2) is 17.8. The monoisotopic (exact) mass is 654 g/mol. The summed E-state index contributed by atoms with van der Waals surface area (Å²) in [5.74, 6) is 0.374. The van der Waals surface area contributed by atoms with E-state index in [1.807, 2.05) is 54.6 Å². The summed E-state index contributed by atoms with van der Waals surface area (Å²) >= 11 is 1.78. The third kappa shape index (κ3) is 10.5. The second-order valence-electron chi connectivity index (χ2n) is 11.7. The van der Waals surface area contributed by atoms with Crippen LogP contribution in [-0.2, 0) is 32.2 Å². The molecule has 1 aliphatic rings. The molecule has 246 valence electrons.